The molecule has 1 atom stereocenters. The summed E-state index contributed by atoms with van der Waals surface area (Å²) in [5.41, 5.74) is 1.07. The van der Waals surface area contributed by atoms with Gasteiger partial charge in [-0.15, -0.1) is 0 Å². The Labute approximate surface area is 120 Å². The highest BCUT2D eigenvalue weighted by Crippen LogP contribution is 2.24. The van der Waals surface area contributed by atoms with E-state index in [0.717, 1.165) is 0 Å². The average molecular weight is 290 g/mol. The van der Waals surface area contributed by atoms with Gasteiger partial charge in [-0.1, -0.05) is 12.2 Å². The van der Waals surface area contributed by atoms with E-state index in [1.54, 1.807) is 12.2 Å². The van der Waals surface area contributed by atoms with Crippen molar-refractivity contribution >= 4 is 18.0 Å². The Kier molecular flexibility index (Phi) is 4.27. The maximum absolute atomic E-state index is 11.3. The van der Waals surface area contributed by atoms with E-state index < -0.39 is 18.0 Å². The second-order valence-corrected chi connectivity index (χ2v) is 4.47. The van der Waals surface area contributed by atoms with E-state index in [-0.39, 0.29) is 17.9 Å². The number of hydrogen-bond acceptors (Lipinski definition) is 6. The highest BCUT2D eigenvalue weighted by atomic mass is 16.6. The summed E-state index contributed by atoms with van der Waals surface area (Å²) in [4.78, 5) is 22.5. The van der Waals surface area contributed by atoms with E-state index in [0.29, 0.717) is 11.1 Å². The Morgan fingerprint density at radius 1 is 1.29 bits per heavy atom. The van der Waals surface area contributed by atoms with Gasteiger partial charge in [-0.3, -0.25) is 4.79 Å². The monoisotopic (exact) mass is 290 g/mol. The van der Waals surface area contributed by atoms with Crippen LogP contribution in [0.4, 0.5) is 0 Å². The van der Waals surface area contributed by atoms with E-state index in [9.17, 15) is 19.8 Å². The molecular formula is C15H14O6. The molecule has 1 aliphatic rings. The Balaban J connectivity index is 2.15. The van der Waals surface area contributed by atoms with Crippen LogP contribution >= 0.6 is 0 Å². The first-order chi connectivity index (χ1) is 9.97. The van der Waals surface area contributed by atoms with Gasteiger partial charge in [-0.2, -0.15) is 0 Å². The fourth-order valence-corrected chi connectivity index (χ4v) is 1.93. The highest BCUT2D eigenvalue weighted by Gasteiger charge is 2.27. The fourth-order valence-electron chi connectivity index (χ4n) is 1.93. The fraction of sp³-hybridized carbons (Fsp3) is 0.200. The van der Waals surface area contributed by atoms with Crippen molar-refractivity contribution in [1.82, 2.24) is 0 Å². The molecule has 0 radical (unpaired) electrons. The molecule has 6 heteroatoms. The second-order valence-electron chi connectivity index (χ2n) is 4.47. The van der Waals surface area contributed by atoms with Crippen molar-refractivity contribution in [3.05, 3.63) is 41.5 Å². The van der Waals surface area contributed by atoms with Crippen LogP contribution in [-0.2, 0) is 19.1 Å². The Morgan fingerprint density at radius 2 is 1.95 bits per heavy atom. The Morgan fingerprint density at radius 3 is 2.57 bits per heavy atom. The van der Waals surface area contributed by atoms with Crippen molar-refractivity contribution in [2.24, 2.45) is 0 Å². The lowest BCUT2D eigenvalue weighted by molar-refractivity contribution is -0.146. The lowest BCUT2D eigenvalue weighted by Gasteiger charge is -2.10. The van der Waals surface area contributed by atoms with Crippen molar-refractivity contribution in [3.63, 3.8) is 0 Å². The van der Waals surface area contributed by atoms with Crippen molar-refractivity contribution < 1.29 is 29.3 Å². The van der Waals surface area contributed by atoms with Crippen LogP contribution < -0.4 is 0 Å². The number of carbonyl (C=O) groups is 2. The number of rotatable bonds is 4. The molecule has 1 aromatic carbocycles. The Bertz CT molecular complexity index is 609. The molecule has 6 nitrogen and oxygen atoms in total. The topological polar surface area (TPSA) is 93.1 Å². The summed E-state index contributed by atoms with van der Waals surface area (Å²) in [6.45, 7) is 0. The molecule has 0 amide bonds. The van der Waals surface area contributed by atoms with Gasteiger partial charge in [-0.05, 0) is 17.7 Å². The number of benzene rings is 1. The van der Waals surface area contributed by atoms with E-state index in [1.165, 1.54) is 31.4 Å². The summed E-state index contributed by atoms with van der Waals surface area (Å²) >= 11 is 0. The summed E-state index contributed by atoms with van der Waals surface area (Å²) in [5, 5.41) is 18.8. The lowest BCUT2D eigenvalue weighted by atomic mass is 10.1. The van der Waals surface area contributed by atoms with Gasteiger partial charge in [0.25, 0.3) is 0 Å². The molecule has 0 aliphatic carbocycles. The van der Waals surface area contributed by atoms with Gasteiger partial charge in [0.1, 0.15) is 17.6 Å². The van der Waals surface area contributed by atoms with Crippen LogP contribution in [0, 0.1) is 0 Å². The third-order valence-corrected chi connectivity index (χ3v) is 2.89. The molecule has 1 aliphatic heterocycles. The van der Waals surface area contributed by atoms with Gasteiger partial charge in [0.05, 0.1) is 13.5 Å². The molecule has 21 heavy (non-hydrogen) atoms. The van der Waals surface area contributed by atoms with Crippen molar-refractivity contribution in [1.29, 1.82) is 0 Å². The molecule has 1 heterocycles. The number of phenols is 2. The first-order valence-corrected chi connectivity index (χ1v) is 6.18. The maximum atomic E-state index is 11.3. The third-order valence-electron chi connectivity index (χ3n) is 2.89. The number of cyclic esters (lactones) is 1. The zero-order chi connectivity index (χ0) is 15.4. The molecule has 110 valence electrons. The zero-order valence-corrected chi connectivity index (χ0v) is 11.3. The number of phenolic OH excluding ortho intramolecular Hbond substituents is 2. The van der Waals surface area contributed by atoms with Crippen LogP contribution in [-0.4, -0.2) is 35.4 Å². The maximum Gasteiger partial charge on any atom is 0.331 e. The van der Waals surface area contributed by atoms with Gasteiger partial charge in [0.15, 0.2) is 0 Å². The molecule has 0 saturated heterocycles. The first kappa shape index (κ1) is 14.6. The van der Waals surface area contributed by atoms with Crippen LogP contribution in [0.5, 0.6) is 11.5 Å². The van der Waals surface area contributed by atoms with E-state index in [4.69, 9.17) is 4.74 Å². The van der Waals surface area contributed by atoms with Crippen molar-refractivity contribution in [2.75, 3.05) is 7.11 Å². The summed E-state index contributed by atoms with van der Waals surface area (Å²) in [6, 6.07) is 4.10. The molecule has 0 aromatic heterocycles. The van der Waals surface area contributed by atoms with E-state index in [1.807, 2.05) is 0 Å². The quantitative estimate of drug-likeness (QED) is 0.817. The molecule has 1 aromatic rings. The first-order valence-electron chi connectivity index (χ1n) is 6.18. The van der Waals surface area contributed by atoms with Crippen LogP contribution in [0.3, 0.4) is 0 Å². The van der Waals surface area contributed by atoms with Crippen LogP contribution in [0.2, 0.25) is 0 Å². The molecular weight excluding hydrogens is 276 g/mol. The predicted molar refractivity (Wildman–Crippen MR) is 73.4 cm³/mol. The SMILES string of the molecule is COC(=O)CC1OC(=O)C=C1C=Cc1cc(O)cc(O)c1. The predicted octanol–water partition coefficient (Wildman–Crippen LogP) is 1.53. The van der Waals surface area contributed by atoms with E-state index in [2.05, 4.69) is 4.74 Å². The smallest absolute Gasteiger partial charge is 0.331 e. The van der Waals surface area contributed by atoms with Crippen LogP contribution in [0.25, 0.3) is 6.08 Å². The third kappa shape index (κ3) is 3.85. The van der Waals surface area contributed by atoms with Gasteiger partial charge in [0, 0.05) is 17.7 Å². The molecule has 0 bridgehead atoms. The van der Waals surface area contributed by atoms with E-state index >= 15 is 0 Å². The Hall–Kier alpha value is -2.76. The van der Waals surface area contributed by atoms with Gasteiger partial charge < -0.3 is 19.7 Å². The summed E-state index contributed by atoms with van der Waals surface area (Å²) in [7, 11) is 1.26. The summed E-state index contributed by atoms with van der Waals surface area (Å²) in [6.07, 6.45) is 3.72. The second kappa shape index (κ2) is 6.13. The summed E-state index contributed by atoms with van der Waals surface area (Å²) in [5.74, 6) is -1.16. The molecule has 1 unspecified atom stereocenters. The van der Waals surface area contributed by atoms with Crippen molar-refractivity contribution in [2.45, 2.75) is 12.5 Å². The van der Waals surface area contributed by atoms with Crippen LogP contribution in [0.1, 0.15) is 12.0 Å². The number of esters is 2. The number of aromatic hydroxyl groups is 2. The van der Waals surface area contributed by atoms with Gasteiger partial charge in [0.2, 0.25) is 0 Å². The summed E-state index contributed by atoms with van der Waals surface area (Å²) < 4.78 is 9.54. The van der Waals surface area contributed by atoms with Crippen molar-refractivity contribution in [3.8, 4) is 11.5 Å². The minimum absolute atomic E-state index is 0.0658. The standard InChI is InChI=1S/C15H14O6/c1-20-14(18)8-13-10(6-15(19)21-13)3-2-9-4-11(16)7-12(17)5-9/h2-7,13,16-17H,8H2,1H3. The normalized spacial score (nSPS) is 17.7. The highest BCUT2D eigenvalue weighted by molar-refractivity contribution is 5.88. The van der Waals surface area contributed by atoms with Gasteiger partial charge >= 0.3 is 11.9 Å². The number of carbonyl (C=O) groups excluding carboxylic acids is 2. The lowest BCUT2D eigenvalue weighted by Crippen LogP contribution is -2.17. The number of methoxy groups -OCH3 is 1. The van der Waals surface area contributed by atoms with Crippen LogP contribution in [0.15, 0.2) is 35.9 Å². The van der Waals surface area contributed by atoms with Gasteiger partial charge in [-0.25, -0.2) is 4.79 Å². The minimum atomic E-state index is -0.688. The molecule has 2 rings (SSSR count). The largest absolute Gasteiger partial charge is 0.508 e. The molecule has 0 fully saturated rings. The number of hydrogen-bond donors (Lipinski definition) is 2. The average Bonchev–Trinajstić information content (AvgIpc) is 2.75. The molecule has 0 saturated carbocycles. The molecule has 2 N–H and O–H groups in total. The number of ether oxygens (including phenoxy) is 2. The molecule has 0 spiro atoms. The zero-order valence-electron chi connectivity index (χ0n) is 11.3. The minimum Gasteiger partial charge on any atom is -0.508 e.